The third kappa shape index (κ3) is 2.78. The Morgan fingerprint density at radius 2 is 2.16 bits per heavy atom. The van der Waals surface area contributed by atoms with Gasteiger partial charge in [0.05, 0.1) is 11.1 Å². The van der Waals surface area contributed by atoms with Crippen molar-refractivity contribution in [1.29, 1.82) is 0 Å². The number of benzene rings is 1. The second kappa shape index (κ2) is 5.70. The van der Waals surface area contributed by atoms with E-state index < -0.39 is 0 Å². The highest BCUT2D eigenvalue weighted by molar-refractivity contribution is 7.99. The second-order valence-corrected chi connectivity index (χ2v) is 6.24. The Morgan fingerprint density at radius 1 is 1.32 bits per heavy atom. The third-order valence-electron chi connectivity index (χ3n) is 3.72. The summed E-state index contributed by atoms with van der Waals surface area (Å²) in [5.74, 6) is 3.14. The number of carbonyl (C=O) groups excluding carboxylic acids is 1. The first-order valence-corrected chi connectivity index (χ1v) is 7.92. The molecule has 0 spiro atoms. The zero-order chi connectivity index (χ0) is 13.1. The van der Waals surface area contributed by atoms with Crippen molar-refractivity contribution in [1.82, 2.24) is 10.3 Å². The van der Waals surface area contributed by atoms with Crippen LogP contribution >= 0.6 is 11.8 Å². The average Bonchev–Trinajstić information content (AvgIpc) is 2.94. The van der Waals surface area contributed by atoms with Crippen LogP contribution in [0.25, 0.3) is 10.9 Å². The molecule has 0 bridgehead atoms. The van der Waals surface area contributed by atoms with Crippen LogP contribution in [0.5, 0.6) is 0 Å². The number of aromatic amines is 1. The molecule has 1 amide bonds. The van der Waals surface area contributed by atoms with E-state index in [2.05, 4.69) is 10.3 Å². The van der Waals surface area contributed by atoms with Crippen LogP contribution in [0.3, 0.4) is 0 Å². The number of nitrogens with one attached hydrogen (secondary N) is 2. The summed E-state index contributed by atoms with van der Waals surface area (Å²) in [6.45, 7) is 0.802. The summed E-state index contributed by atoms with van der Waals surface area (Å²) in [5, 5.41) is 4.17. The zero-order valence-electron chi connectivity index (χ0n) is 10.8. The molecule has 2 aromatic rings. The normalized spacial score (nSPS) is 16.6. The SMILES string of the molecule is O=C(NCC1CCSCC1)c1cccc2cc[nH]c12. The van der Waals surface area contributed by atoms with Gasteiger partial charge in [0.15, 0.2) is 0 Å². The maximum absolute atomic E-state index is 12.3. The van der Waals surface area contributed by atoms with E-state index in [1.807, 2.05) is 42.2 Å². The van der Waals surface area contributed by atoms with E-state index in [9.17, 15) is 4.79 Å². The molecular weight excluding hydrogens is 256 g/mol. The van der Waals surface area contributed by atoms with E-state index in [4.69, 9.17) is 0 Å². The fourth-order valence-corrected chi connectivity index (χ4v) is 3.76. The van der Waals surface area contributed by atoms with E-state index >= 15 is 0 Å². The van der Waals surface area contributed by atoms with Gasteiger partial charge in [0.25, 0.3) is 5.91 Å². The quantitative estimate of drug-likeness (QED) is 0.903. The fraction of sp³-hybridized carbons (Fsp3) is 0.400. The topological polar surface area (TPSA) is 44.9 Å². The molecule has 1 aromatic carbocycles. The largest absolute Gasteiger partial charge is 0.361 e. The number of thioether (sulfide) groups is 1. The van der Waals surface area contributed by atoms with Crippen molar-refractivity contribution in [2.45, 2.75) is 12.8 Å². The van der Waals surface area contributed by atoms with Gasteiger partial charge < -0.3 is 10.3 Å². The van der Waals surface area contributed by atoms with Crippen LogP contribution in [0.4, 0.5) is 0 Å². The lowest BCUT2D eigenvalue weighted by Crippen LogP contribution is -2.31. The van der Waals surface area contributed by atoms with Gasteiger partial charge in [0.2, 0.25) is 0 Å². The number of H-pyrrole nitrogens is 1. The van der Waals surface area contributed by atoms with Crippen molar-refractivity contribution in [2.24, 2.45) is 5.92 Å². The lowest BCUT2D eigenvalue weighted by atomic mass is 10.0. The molecule has 1 aliphatic rings. The maximum atomic E-state index is 12.3. The lowest BCUT2D eigenvalue weighted by molar-refractivity contribution is 0.0948. The van der Waals surface area contributed by atoms with Gasteiger partial charge in [-0.3, -0.25) is 4.79 Å². The van der Waals surface area contributed by atoms with Gasteiger partial charge in [-0.25, -0.2) is 0 Å². The maximum Gasteiger partial charge on any atom is 0.253 e. The van der Waals surface area contributed by atoms with Crippen LogP contribution in [0, 0.1) is 5.92 Å². The van der Waals surface area contributed by atoms with E-state index in [-0.39, 0.29) is 5.91 Å². The Kier molecular flexibility index (Phi) is 3.78. The molecule has 19 heavy (non-hydrogen) atoms. The number of rotatable bonds is 3. The van der Waals surface area contributed by atoms with Gasteiger partial charge in [0.1, 0.15) is 0 Å². The summed E-state index contributed by atoms with van der Waals surface area (Å²) < 4.78 is 0. The molecule has 0 radical (unpaired) electrons. The summed E-state index contributed by atoms with van der Waals surface area (Å²) in [6.07, 6.45) is 4.31. The van der Waals surface area contributed by atoms with Gasteiger partial charge in [0, 0.05) is 18.1 Å². The van der Waals surface area contributed by atoms with Crippen molar-refractivity contribution in [2.75, 3.05) is 18.1 Å². The Bertz CT molecular complexity index is 572. The van der Waals surface area contributed by atoms with E-state index in [0.717, 1.165) is 23.0 Å². The number of aromatic nitrogens is 1. The van der Waals surface area contributed by atoms with Gasteiger partial charge in [-0.15, -0.1) is 0 Å². The molecule has 2 heterocycles. The fourth-order valence-electron chi connectivity index (χ4n) is 2.56. The monoisotopic (exact) mass is 274 g/mol. The molecule has 0 aliphatic carbocycles. The molecule has 1 fully saturated rings. The number of hydrogen-bond donors (Lipinski definition) is 2. The van der Waals surface area contributed by atoms with Crippen LogP contribution in [0.1, 0.15) is 23.2 Å². The first-order valence-electron chi connectivity index (χ1n) is 6.76. The third-order valence-corrected chi connectivity index (χ3v) is 4.77. The highest BCUT2D eigenvalue weighted by Gasteiger charge is 2.16. The van der Waals surface area contributed by atoms with Gasteiger partial charge in [-0.05, 0) is 42.4 Å². The van der Waals surface area contributed by atoms with E-state index in [0.29, 0.717) is 5.92 Å². The van der Waals surface area contributed by atoms with Gasteiger partial charge in [-0.1, -0.05) is 12.1 Å². The van der Waals surface area contributed by atoms with Crippen LogP contribution in [0.2, 0.25) is 0 Å². The van der Waals surface area contributed by atoms with Gasteiger partial charge >= 0.3 is 0 Å². The highest BCUT2D eigenvalue weighted by Crippen LogP contribution is 2.22. The number of carbonyl (C=O) groups is 1. The number of fused-ring (bicyclic) bond motifs is 1. The van der Waals surface area contributed by atoms with Crippen LogP contribution in [0.15, 0.2) is 30.5 Å². The van der Waals surface area contributed by atoms with E-state index in [1.165, 1.54) is 24.3 Å². The smallest absolute Gasteiger partial charge is 0.253 e. The number of amides is 1. The molecule has 2 N–H and O–H groups in total. The minimum absolute atomic E-state index is 0.0336. The molecule has 0 unspecified atom stereocenters. The molecule has 0 saturated carbocycles. The lowest BCUT2D eigenvalue weighted by Gasteiger charge is -2.21. The molecule has 3 nitrogen and oxygen atoms in total. The minimum Gasteiger partial charge on any atom is -0.361 e. The first-order chi connectivity index (χ1) is 9.34. The molecule has 1 aromatic heterocycles. The summed E-state index contributed by atoms with van der Waals surface area (Å²) in [4.78, 5) is 15.4. The predicted octanol–water partition coefficient (Wildman–Crippen LogP) is 3.04. The number of hydrogen-bond acceptors (Lipinski definition) is 2. The Labute approximate surface area is 117 Å². The zero-order valence-corrected chi connectivity index (χ0v) is 11.6. The molecule has 100 valence electrons. The van der Waals surface area contributed by atoms with Crippen LogP contribution in [-0.4, -0.2) is 28.9 Å². The molecular formula is C15H18N2OS. The Balaban J connectivity index is 1.68. The summed E-state index contributed by atoms with van der Waals surface area (Å²) in [7, 11) is 0. The first kappa shape index (κ1) is 12.6. The van der Waals surface area contributed by atoms with Crippen molar-refractivity contribution < 1.29 is 4.79 Å². The molecule has 0 atom stereocenters. The molecule has 1 saturated heterocycles. The minimum atomic E-state index is 0.0336. The van der Waals surface area contributed by atoms with Crippen LogP contribution in [-0.2, 0) is 0 Å². The summed E-state index contributed by atoms with van der Waals surface area (Å²) >= 11 is 2.01. The summed E-state index contributed by atoms with van der Waals surface area (Å²) in [6, 6.07) is 7.82. The van der Waals surface area contributed by atoms with E-state index in [1.54, 1.807) is 0 Å². The van der Waals surface area contributed by atoms with Crippen LogP contribution < -0.4 is 5.32 Å². The summed E-state index contributed by atoms with van der Waals surface area (Å²) in [5.41, 5.74) is 1.67. The van der Waals surface area contributed by atoms with Crippen molar-refractivity contribution in [3.05, 3.63) is 36.0 Å². The molecule has 4 heteroatoms. The highest BCUT2D eigenvalue weighted by atomic mass is 32.2. The molecule has 3 rings (SSSR count). The van der Waals surface area contributed by atoms with Crippen molar-refractivity contribution in [3.8, 4) is 0 Å². The molecule has 1 aliphatic heterocycles. The predicted molar refractivity (Wildman–Crippen MR) is 80.7 cm³/mol. The number of para-hydroxylation sites is 1. The Hall–Kier alpha value is -1.42. The van der Waals surface area contributed by atoms with Crippen molar-refractivity contribution >= 4 is 28.6 Å². The standard InChI is InChI=1S/C15H18N2OS/c18-15(17-10-11-5-8-19-9-6-11)13-3-1-2-12-4-7-16-14(12)13/h1-4,7,11,16H,5-6,8-10H2,(H,17,18). The second-order valence-electron chi connectivity index (χ2n) is 5.01. The average molecular weight is 274 g/mol. The van der Waals surface area contributed by atoms with Crippen molar-refractivity contribution in [3.63, 3.8) is 0 Å². The van der Waals surface area contributed by atoms with Gasteiger partial charge in [-0.2, -0.15) is 11.8 Å². The Morgan fingerprint density at radius 3 is 3.00 bits per heavy atom.